The van der Waals surface area contributed by atoms with Gasteiger partial charge < -0.3 is 19.9 Å². The lowest BCUT2D eigenvalue weighted by molar-refractivity contribution is -0.118. The van der Waals surface area contributed by atoms with Gasteiger partial charge in [-0.2, -0.15) is 0 Å². The summed E-state index contributed by atoms with van der Waals surface area (Å²) in [4.78, 5) is 35.2. The lowest BCUT2D eigenvalue weighted by atomic mass is 10.2. The second-order valence-electron chi connectivity index (χ2n) is 5.57. The standard InChI is InChI=1S/C17H19N5O3/c1-25-14-4-2-13(3-5-14)20-17(24)15-10-16(19-11-18-15)22-8-6-21(12-23)7-9-22/h2-5,10-12H,6-9H2,1H3,(H,20,24). The van der Waals surface area contributed by atoms with E-state index in [1.807, 2.05) is 4.90 Å². The van der Waals surface area contributed by atoms with Gasteiger partial charge >= 0.3 is 0 Å². The highest BCUT2D eigenvalue weighted by Crippen LogP contribution is 2.17. The van der Waals surface area contributed by atoms with Crippen LogP contribution in [0.5, 0.6) is 5.75 Å². The first-order valence-corrected chi connectivity index (χ1v) is 7.91. The number of hydrogen-bond acceptors (Lipinski definition) is 6. The second-order valence-corrected chi connectivity index (χ2v) is 5.57. The van der Waals surface area contributed by atoms with Gasteiger partial charge in [-0.15, -0.1) is 0 Å². The van der Waals surface area contributed by atoms with Gasteiger partial charge in [0, 0.05) is 37.9 Å². The van der Waals surface area contributed by atoms with E-state index in [0.717, 1.165) is 12.2 Å². The first-order valence-electron chi connectivity index (χ1n) is 7.91. The molecule has 2 amide bonds. The van der Waals surface area contributed by atoms with Crippen LogP contribution in [0.25, 0.3) is 0 Å². The number of ether oxygens (including phenoxy) is 1. The topological polar surface area (TPSA) is 87.7 Å². The molecule has 25 heavy (non-hydrogen) atoms. The molecule has 1 aromatic carbocycles. The van der Waals surface area contributed by atoms with Gasteiger partial charge in [-0.25, -0.2) is 9.97 Å². The van der Waals surface area contributed by atoms with Crippen LogP contribution in [-0.4, -0.2) is 60.5 Å². The minimum Gasteiger partial charge on any atom is -0.497 e. The molecule has 0 spiro atoms. The SMILES string of the molecule is COc1ccc(NC(=O)c2cc(N3CCN(C=O)CC3)ncn2)cc1. The predicted molar refractivity (Wildman–Crippen MR) is 92.8 cm³/mol. The quantitative estimate of drug-likeness (QED) is 0.817. The van der Waals surface area contributed by atoms with Gasteiger partial charge in [0.05, 0.1) is 7.11 Å². The van der Waals surface area contributed by atoms with Gasteiger partial charge in [0.1, 0.15) is 23.6 Å². The number of amides is 2. The van der Waals surface area contributed by atoms with Crippen molar-refractivity contribution in [3.8, 4) is 5.75 Å². The van der Waals surface area contributed by atoms with E-state index in [-0.39, 0.29) is 5.91 Å². The third-order valence-electron chi connectivity index (χ3n) is 4.02. The zero-order chi connectivity index (χ0) is 17.6. The second kappa shape index (κ2) is 7.61. The summed E-state index contributed by atoms with van der Waals surface area (Å²) in [7, 11) is 1.59. The van der Waals surface area contributed by atoms with Crippen LogP contribution in [0.2, 0.25) is 0 Å². The van der Waals surface area contributed by atoms with E-state index in [1.165, 1.54) is 6.33 Å². The molecule has 2 aromatic rings. The molecule has 8 nitrogen and oxygen atoms in total. The Morgan fingerprint density at radius 2 is 1.88 bits per heavy atom. The number of rotatable bonds is 5. The average Bonchev–Trinajstić information content (AvgIpc) is 2.68. The Bertz CT molecular complexity index is 742. The molecule has 0 saturated carbocycles. The maximum atomic E-state index is 12.4. The number of benzene rings is 1. The molecule has 0 aliphatic carbocycles. The number of hydrogen-bond donors (Lipinski definition) is 1. The van der Waals surface area contributed by atoms with E-state index in [4.69, 9.17) is 4.74 Å². The smallest absolute Gasteiger partial charge is 0.274 e. The van der Waals surface area contributed by atoms with E-state index >= 15 is 0 Å². The fourth-order valence-corrected chi connectivity index (χ4v) is 2.57. The van der Waals surface area contributed by atoms with E-state index in [2.05, 4.69) is 15.3 Å². The molecule has 8 heteroatoms. The van der Waals surface area contributed by atoms with E-state index < -0.39 is 0 Å². The minimum absolute atomic E-state index is 0.290. The third kappa shape index (κ3) is 4.03. The van der Waals surface area contributed by atoms with Gasteiger partial charge in [-0.3, -0.25) is 9.59 Å². The summed E-state index contributed by atoms with van der Waals surface area (Å²) in [6.45, 7) is 2.63. The molecule has 130 valence electrons. The van der Waals surface area contributed by atoms with Crippen LogP contribution in [0.1, 0.15) is 10.5 Å². The average molecular weight is 341 g/mol. The molecule has 1 aromatic heterocycles. The molecule has 1 fully saturated rings. The van der Waals surface area contributed by atoms with Crippen LogP contribution in [0.3, 0.4) is 0 Å². The number of piperazine rings is 1. The van der Waals surface area contributed by atoms with Crippen molar-refractivity contribution in [1.29, 1.82) is 0 Å². The summed E-state index contributed by atoms with van der Waals surface area (Å²) in [6.07, 6.45) is 2.23. The zero-order valence-electron chi connectivity index (χ0n) is 13.9. The summed E-state index contributed by atoms with van der Waals surface area (Å²) in [6, 6.07) is 8.73. The highest BCUT2D eigenvalue weighted by atomic mass is 16.5. The number of nitrogens with zero attached hydrogens (tertiary/aromatic N) is 4. The Morgan fingerprint density at radius 3 is 2.52 bits per heavy atom. The van der Waals surface area contributed by atoms with Crippen LogP contribution in [0, 0.1) is 0 Å². The summed E-state index contributed by atoms with van der Waals surface area (Å²) >= 11 is 0. The lowest BCUT2D eigenvalue weighted by Gasteiger charge is -2.33. The van der Waals surface area contributed by atoms with Gasteiger partial charge in [0.25, 0.3) is 5.91 Å². The number of methoxy groups -OCH3 is 1. The zero-order valence-corrected chi connectivity index (χ0v) is 13.9. The monoisotopic (exact) mass is 341 g/mol. The fourth-order valence-electron chi connectivity index (χ4n) is 2.57. The van der Waals surface area contributed by atoms with Crippen molar-refractivity contribution in [2.24, 2.45) is 0 Å². The molecule has 2 heterocycles. The van der Waals surface area contributed by atoms with Crippen molar-refractivity contribution in [2.45, 2.75) is 0 Å². The van der Waals surface area contributed by atoms with E-state index in [9.17, 15) is 9.59 Å². The molecule has 0 unspecified atom stereocenters. The molecule has 3 rings (SSSR count). The first kappa shape index (κ1) is 16.7. The minimum atomic E-state index is -0.305. The third-order valence-corrected chi connectivity index (χ3v) is 4.02. The maximum absolute atomic E-state index is 12.4. The predicted octanol–water partition coefficient (Wildman–Crippen LogP) is 1.02. The molecule has 0 atom stereocenters. The van der Waals surface area contributed by atoms with Crippen molar-refractivity contribution in [3.63, 3.8) is 0 Å². The molecule has 1 aliphatic heterocycles. The van der Waals surface area contributed by atoms with Crippen LogP contribution >= 0.6 is 0 Å². The number of carbonyl (C=O) groups excluding carboxylic acids is 2. The number of carbonyl (C=O) groups is 2. The lowest BCUT2D eigenvalue weighted by Crippen LogP contribution is -2.46. The Hall–Kier alpha value is -3.16. The van der Waals surface area contributed by atoms with Gasteiger partial charge in [0.15, 0.2) is 0 Å². The van der Waals surface area contributed by atoms with Gasteiger partial charge in [-0.1, -0.05) is 0 Å². The molecule has 1 saturated heterocycles. The molecule has 0 bridgehead atoms. The van der Waals surface area contributed by atoms with Crippen molar-refractivity contribution in [2.75, 3.05) is 43.5 Å². The Kier molecular flexibility index (Phi) is 5.08. The Balaban J connectivity index is 1.67. The Morgan fingerprint density at radius 1 is 1.16 bits per heavy atom. The summed E-state index contributed by atoms with van der Waals surface area (Å²) in [5, 5.41) is 2.80. The fraction of sp³-hybridized carbons (Fsp3) is 0.294. The highest BCUT2D eigenvalue weighted by Gasteiger charge is 2.18. The highest BCUT2D eigenvalue weighted by molar-refractivity contribution is 6.03. The number of aromatic nitrogens is 2. The molecular weight excluding hydrogens is 322 g/mol. The molecule has 0 radical (unpaired) electrons. The largest absolute Gasteiger partial charge is 0.497 e. The van der Waals surface area contributed by atoms with E-state index in [1.54, 1.807) is 42.3 Å². The number of anilines is 2. The van der Waals surface area contributed by atoms with Crippen LogP contribution in [0.15, 0.2) is 36.7 Å². The molecule has 1 aliphatic rings. The van der Waals surface area contributed by atoms with Gasteiger partial charge in [0.2, 0.25) is 6.41 Å². The van der Waals surface area contributed by atoms with E-state index in [0.29, 0.717) is 43.4 Å². The number of nitrogens with one attached hydrogen (secondary N) is 1. The normalized spacial score (nSPS) is 14.1. The van der Waals surface area contributed by atoms with Crippen molar-refractivity contribution < 1.29 is 14.3 Å². The van der Waals surface area contributed by atoms with Crippen molar-refractivity contribution in [3.05, 3.63) is 42.4 Å². The van der Waals surface area contributed by atoms with Crippen LogP contribution in [-0.2, 0) is 4.79 Å². The molecular formula is C17H19N5O3. The maximum Gasteiger partial charge on any atom is 0.274 e. The molecule has 1 N–H and O–H groups in total. The first-order chi connectivity index (χ1) is 12.2. The Labute approximate surface area is 145 Å². The van der Waals surface area contributed by atoms with Crippen molar-refractivity contribution >= 4 is 23.8 Å². The summed E-state index contributed by atoms with van der Waals surface area (Å²) in [5.74, 6) is 1.09. The summed E-state index contributed by atoms with van der Waals surface area (Å²) in [5.41, 5.74) is 0.948. The summed E-state index contributed by atoms with van der Waals surface area (Å²) < 4.78 is 5.09. The van der Waals surface area contributed by atoms with Crippen LogP contribution < -0.4 is 15.0 Å². The van der Waals surface area contributed by atoms with Crippen molar-refractivity contribution in [1.82, 2.24) is 14.9 Å². The van der Waals surface area contributed by atoms with Crippen LogP contribution in [0.4, 0.5) is 11.5 Å². The van der Waals surface area contributed by atoms with Gasteiger partial charge in [-0.05, 0) is 24.3 Å².